The van der Waals surface area contributed by atoms with Gasteiger partial charge in [-0.15, -0.1) is 0 Å². The number of nitrogens with zero attached hydrogens (tertiary/aromatic N) is 1. The Bertz CT molecular complexity index is 276. The Balaban J connectivity index is 2.38. The zero-order valence-electron chi connectivity index (χ0n) is 12.0. The van der Waals surface area contributed by atoms with Gasteiger partial charge in [0.2, 0.25) is 0 Å². The number of hydrogen-bond donors (Lipinski definition) is 1. The molecule has 1 saturated heterocycles. The lowest BCUT2D eigenvalue weighted by Crippen LogP contribution is -2.44. The van der Waals surface area contributed by atoms with E-state index in [0.29, 0.717) is 0 Å². The van der Waals surface area contributed by atoms with E-state index in [1.807, 2.05) is 20.8 Å². The molecule has 1 amide bonds. The Morgan fingerprint density at radius 1 is 1.24 bits per heavy atom. The summed E-state index contributed by atoms with van der Waals surface area (Å²) in [5.41, 5.74) is -0.253. The van der Waals surface area contributed by atoms with Crippen LogP contribution in [0, 0.1) is 0 Å². The number of amides is 1. The van der Waals surface area contributed by atoms with E-state index in [2.05, 4.69) is 31.0 Å². The van der Waals surface area contributed by atoms with E-state index in [-0.39, 0.29) is 17.7 Å². The number of ether oxygens (including phenoxy) is 1. The lowest BCUT2D eigenvalue weighted by molar-refractivity contribution is 0.0501. The van der Waals surface area contributed by atoms with Crippen LogP contribution in [0.15, 0.2) is 0 Å². The average Bonchev–Trinajstić information content (AvgIpc) is 2.47. The molecule has 0 unspecified atom stereocenters. The maximum atomic E-state index is 11.6. The summed E-state index contributed by atoms with van der Waals surface area (Å²) in [5.74, 6) is 0. The molecule has 0 aliphatic carbocycles. The van der Waals surface area contributed by atoms with Gasteiger partial charge >= 0.3 is 6.09 Å². The summed E-state index contributed by atoms with van der Waals surface area (Å²) in [6.45, 7) is 14.2. The molecule has 1 rings (SSSR count). The Morgan fingerprint density at radius 2 is 1.82 bits per heavy atom. The van der Waals surface area contributed by atoms with Crippen LogP contribution in [0.3, 0.4) is 0 Å². The van der Waals surface area contributed by atoms with Gasteiger partial charge in [-0.25, -0.2) is 4.79 Å². The molecule has 0 aromatic rings. The molecular formula is C13H26N2O2. The summed E-state index contributed by atoms with van der Waals surface area (Å²) in [4.78, 5) is 14.0. The first-order valence-electron chi connectivity index (χ1n) is 6.32. The summed E-state index contributed by atoms with van der Waals surface area (Å²) in [7, 11) is 0. The molecule has 17 heavy (non-hydrogen) atoms. The Morgan fingerprint density at radius 3 is 2.24 bits per heavy atom. The second-order valence-corrected chi connectivity index (χ2v) is 6.75. The second kappa shape index (κ2) is 4.84. The van der Waals surface area contributed by atoms with Crippen LogP contribution in [0.25, 0.3) is 0 Å². The van der Waals surface area contributed by atoms with Crippen LogP contribution in [0.2, 0.25) is 0 Å². The van der Waals surface area contributed by atoms with Crippen LogP contribution in [0.5, 0.6) is 0 Å². The van der Waals surface area contributed by atoms with Gasteiger partial charge in [-0.3, -0.25) is 4.90 Å². The first-order chi connectivity index (χ1) is 7.58. The highest BCUT2D eigenvalue weighted by Gasteiger charge is 2.31. The molecule has 0 spiro atoms. The van der Waals surface area contributed by atoms with Crippen LogP contribution in [-0.4, -0.2) is 41.3 Å². The minimum absolute atomic E-state index is 0.171. The molecule has 1 heterocycles. The number of alkyl carbamates (subject to hydrolysis) is 1. The quantitative estimate of drug-likeness (QED) is 0.767. The highest BCUT2D eigenvalue weighted by Crippen LogP contribution is 2.20. The maximum absolute atomic E-state index is 11.6. The molecule has 1 N–H and O–H groups in total. The fourth-order valence-electron chi connectivity index (χ4n) is 1.96. The Kier molecular flexibility index (Phi) is 4.07. The van der Waals surface area contributed by atoms with Crippen LogP contribution < -0.4 is 5.32 Å². The third kappa shape index (κ3) is 4.94. The fraction of sp³-hybridized carbons (Fsp3) is 0.923. The van der Waals surface area contributed by atoms with Crippen molar-refractivity contribution in [1.82, 2.24) is 10.2 Å². The van der Waals surface area contributed by atoms with E-state index < -0.39 is 5.60 Å². The summed E-state index contributed by atoms with van der Waals surface area (Å²) in [6.07, 6.45) is 0.689. The number of hydrogen-bond acceptors (Lipinski definition) is 3. The lowest BCUT2D eigenvalue weighted by Gasteiger charge is -2.31. The Hall–Kier alpha value is -0.770. The van der Waals surface area contributed by atoms with Crippen molar-refractivity contribution in [1.29, 1.82) is 0 Å². The predicted octanol–water partition coefficient (Wildman–Crippen LogP) is 2.38. The van der Waals surface area contributed by atoms with Gasteiger partial charge < -0.3 is 10.1 Å². The van der Waals surface area contributed by atoms with E-state index in [1.165, 1.54) is 0 Å². The molecule has 0 radical (unpaired) electrons. The zero-order valence-corrected chi connectivity index (χ0v) is 12.0. The maximum Gasteiger partial charge on any atom is 0.407 e. The SMILES string of the molecule is CC(C)(C)OC(=O)N[C@H]1CCN(C(C)(C)C)C1. The summed E-state index contributed by atoms with van der Waals surface area (Å²) in [6, 6.07) is 0.212. The standard InChI is InChI=1S/C13H26N2O2/c1-12(2,3)15-8-7-10(9-15)14-11(16)17-13(4,5)6/h10H,7-9H2,1-6H3,(H,14,16)/t10-/m0/s1. The third-order valence-corrected chi connectivity index (χ3v) is 2.86. The molecule has 0 bridgehead atoms. The highest BCUT2D eigenvalue weighted by atomic mass is 16.6. The first kappa shape index (κ1) is 14.3. The summed E-state index contributed by atoms with van der Waals surface area (Å²) in [5, 5.41) is 2.93. The van der Waals surface area contributed by atoms with Crippen molar-refractivity contribution in [3.8, 4) is 0 Å². The van der Waals surface area contributed by atoms with Gasteiger partial charge in [0, 0.05) is 24.7 Å². The second-order valence-electron chi connectivity index (χ2n) is 6.75. The van der Waals surface area contributed by atoms with E-state index in [0.717, 1.165) is 19.5 Å². The minimum Gasteiger partial charge on any atom is -0.444 e. The molecule has 1 atom stereocenters. The van der Waals surface area contributed by atoms with Crippen LogP contribution >= 0.6 is 0 Å². The van der Waals surface area contributed by atoms with E-state index in [1.54, 1.807) is 0 Å². The van der Waals surface area contributed by atoms with Gasteiger partial charge in [0.05, 0.1) is 0 Å². The number of likely N-dealkylation sites (tertiary alicyclic amines) is 1. The number of carbonyl (C=O) groups is 1. The molecule has 1 aliphatic rings. The smallest absolute Gasteiger partial charge is 0.407 e. The third-order valence-electron chi connectivity index (χ3n) is 2.86. The van der Waals surface area contributed by atoms with Crippen molar-refractivity contribution in [2.24, 2.45) is 0 Å². The molecule has 100 valence electrons. The fourth-order valence-corrected chi connectivity index (χ4v) is 1.96. The van der Waals surface area contributed by atoms with Crippen molar-refractivity contribution in [3.63, 3.8) is 0 Å². The van der Waals surface area contributed by atoms with Crippen molar-refractivity contribution in [3.05, 3.63) is 0 Å². The lowest BCUT2D eigenvalue weighted by atomic mass is 10.1. The predicted molar refractivity (Wildman–Crippen MR) is 69.1 cm³/mol. The van der Waals surface area contributed by atoms with Crippen LogP contribution in [0.4, 0.5) is 4.79 Å². The van der Waals surface area contributed by atoms with Gasteiger partial charge in [0.15, 0.2) is 0 Å². The minimum atomic E-state index is -0.424. The Labute approximate surface area is 105 Å². The van der Waals surface area contributed by atoms with Gasteiger partial charge in [0.1, 0.15) is 5.60 Å². The molecule has 1 fully saturated rings. The molecule has 0 aromatic carbocycles. The number of nitrogens with one attached hydrogen (secondary N) is 1. The normalized spacial score (nSPS) is 22.6. The van der Waals surface area contributed by atoms with Gasteiger partial charge in [0.25, 0.3) is 0 Å². The monoisotopic (exact) mass is 242 g/mol. The zero-order chi connectivity index (χ0) is 13.3. The first-order valence-corrected chi connectivity index (χ1v) is 6.32. The molecule has 0 saturated carbocycles. The van der Waals surface area contributed by atoms with Crippen LogP contribution in [0.1, 0.15) is 48.0 Å². The van der Waals surface area contributed by atoms with Crippen molar-refractivity contribution < 1.29 is 9.53 Å². The highest BCUT2D eigenvalue weighted by molar-refractivity contribution is 5.68. The van der Waals surface area contributed by atoms with E-state index in [4.69, 9.17) is 4.74 Å². The topological polar surface area (TPSA) is 41.6 Å². The van der Waals surface area contributed by atoms with Gasteiger partial charge in [-0.05, 0) is 48.0 Å². The van der Waals surface area contributed by atoms with Crippen molar-refractivity contribution >= 4 is 6.09 Å². The number of rotatable bonds is 1. The van der Waals surface area contributed by atoms with Crippen LogP contribution in [-0.2, 0) is 4.74 Å². The molecular weight excluding hydrogens is 216 g/mol. The summed E-state index contributed by atoms with van der Waals surface area (Å²) >= 11 is 0. The van der Waals surface area contributed by atoms with Gasteiger partial charge in [-0.1, -0.05) is 0 Å². The molecule has 0 aromatic heterocycles. The average molecular weight is 242 g/mol. The van der Waals surface area contributed by atoms with Gasteiger partial charge in [-0.2, -0.15) is 0 Å². The largest absolute Gasteiger partial charge is 0.444 e. The van der Waals surface area contributed by atoms with Crippen molar-refractivity contribution in [2.75, 3.05) is 13.1 Å². The number of carbonyl (C=O) groups excluding carboxylic acids is 1. The van der Waals surface area contributed by atoms with Crippen molar-refractivity contribution in [2.45, 2.75) is 65.1 Å². The summed E-state index contributed by atoms with van der Waals surface area (Å²) < 4.78 is 5.25. The van der Waals surface area contributed by atoms with E-state index >= 15 is 0 Å². The molecule has 4 heteroatoms. The molecule has 1 aliphatic heterocycles. The molecule has 4 nitrogen and oxygen atoms in total. The van der Waals surface area contributed by atoms with E-state index in [9.17, 15) is 4.79 Å².